The molecule has 2 heterocycles. The number of alkyl halides is 6. The topological polar surface area (TPSA) is 98.9 Å². The number of ether oxygens (including phenoxy) is 2. The molecule has 0 radical (unpaired) electrons. The molecule has 0 amide bonds. The zero-order valence-electron chi connectivity index (χ0n) is 22.2. The molecule has 4 rings (SSSR count). The van der Waals surface area contributed by atoms with Crippen molar-refractivity contribution in [1.82, 2.24) is 14.9 Å². The minimum atomic E-state index is -4.80. The number of carboxylic acids is 1. The fraction of sp³-hybridized carbons (Fsp3) is 0.370. The number of morpholine rings is 1. The van der Waals surface area contributed by atoms with E-state index >= 15 is 0 Å². The van der Waals surface area contributed by atoms with E-state index in [-0.39, 0.29) is 29.9 Å². The zero-order chi connectivity index (χ0) is 30.9. The third kappa shape index (κ3) is 9.54. The van der Waals surface area contributed by atoms with Crippen molar-refractivity contribution in [3.8, 4) is 17.1 Å². The normalized spacial score (nSPS) is 14.2. The van der Waals surface area contributed by atoms with E-state index in [4.69, 9.17) is 21.1 Å². The van der Waals surface area contributed by atoms with Crippen molar-refractivity contribution >= 4 is 17.6 Å². The van der Waals surface area contributed by atoms with Gasteiger partial charge in [0.25, 0.3) is 0 Å². The van der Waals surface area contributed by atoms with Crippen LogP contribution in [0.4, 0.5) is 26.3 Å². The van der Waals surface area contributed by atoms with Crippen molar-refractivity contribution in [3.63, 3.8) is 0 Å². The number of aromatic nitrogens is 2. The van der Waals surface area contributed by atoms with Crippen LogP contribution in [0.5, 0.6) is 6.01 Å². The monoisotopic (exact) mass is 619 g/mol. The summed E-state index contributed by atoms with van der Waals surface area (Å²) in [5.74, 6) is -1.16. The summed E-state index contributed by atoms with van der Waals surface area (Å²) in [6.45, 7) is 4.04. The Labute approximate surface area is 242 Å². The molecule has 1 saturated heterocycles. The highest BCUT2D eigenvalue weighted by Gasteiger charge is 2.36. The number of hydrogen-bond acceptors (Lipinski definition) is 6. The average molecular weight is 620 g/mol. The lowest BCUT2D eigenvalue weighted by Crippen LogP contribution is -2.38. The minimum Gasteiger partial charge on any atom is -0.661 e. The summed E-state index contributed by atoms with van der Waals surface area (Å²) in [7, 11) is 1.31. The van der Waals surface area contributed by atoms with Crippen molar-refractivity contribution in [3.05, 3.63) is 81.4 Å². The van der Waals surface area contributed by atoms with E-state index in [1.54, 1.807) is 24.3 Å². The Bertz CT molecular complexity index is 1320. The SMILES string of the molecule is C[N-]Cc1cc(C(F)(F)F)cc(C(F)(F)F)c1.O=C(O)c1nc(OCCN2CCOCC2)ncc1-c1ccccc1Cl. The van der Waals surface area contributed by atoms with Gasteiger partial charge < -0.3 is 19.9 Å². The largest absolute Gasteiger partial charge is 0.661 e. The van der Waals surface area contributed by atoms with Gasteiger partial charge in [-0.25, -0.2) is 9.78 Å². The fourth-order valence-corrected chi connectivity index (χ4v) is 4.10. The Kier molecular flexibility index (Phi) is 11.5. The van der Waals surface area contributed by atoms with Crippen molar-refractivity contribution in [2.24, 2.45) is 0 Å². The first-order chi connectivity index (χ1) is 19.8. The van der Waals surface area contributed by atoms with E-state index in [9.17, 15) is 36.2 Å². The Hall–Kier alpha value is -3.46. The number of rotatable bonds is 8. The Morgan fingerprint density at radius 1 is 1.05 bits per heavy atom. The van der Waals surface area contributed by atoms with Crippen LogP contribution in [-0.4, -0.2) is 72.4 Å². The summed E-state index contributed by atoms with van der Waals surface area (Å²) in [4.78, 5) is 21.9. The molecule has 3 aromatic rings. The van der Waals surface area contributed by atoms with E-state index in [1.807, 2.05) is 0 Å². The van der Waals surface area contributed by atoms with E-state index < -0.39 is 29.4 Å². The molecule has 228 valence electrons. The summed E-state index contributed by atoms with van der Waals surface area (Å²) in [5.41, 5.74) is -1.95. The van der Waals surface area contributed by atoms with Gasteiger partial charge in [0.05, 0.1) is 24.3 Å². The summed E-state index contributed by atoms with van der Waals surface area (Å²) in [5, 5.41) is 13.4. The maximum Gasteiger partial charge on any atom is 0.416 e. The standard InChI is InChI=1S/C17H18ClN3O4.C10H8F6N/c18-14-4-2-1-3-12(14)13-11-19-17(20-15(13)16(22)23)25-10-7-21-5-8-24-9-6-21;1-17-5-6-2-7(9(11,12)13)4-8(3-6)10(14,15)16/h1-4,11H,5-10H2,(H,22,23);2-4H,5H2,1H3/q;-1. The summed E-state index contributed by atoms with van der Waals surface area (Å²) in [6, 6.07) is 8.45. The van der Waals surface area contributed by atoms with Crippen LogP contribution in [0.2, 0.25) is 5.02 Å². The summed E-state index contributed by atoms with van der Waals surface area (Å²) >= 11 is 6.15. The molecule has 2 aromatic carbocycles. The maximum atomic E-state index is 12.4. The van der Waals surface area contributed by atoms with Crippen molar-refractivity contribution in [1.29, 1.82) is 0 Å². The van der Waals surface area contributed by atoms with E-state index in [1.165, 1.54) is 13.2 Å². The molecule has 1 aliphatic heterocycles. The average Bonchev–Trinajstić information content (AvgIpc) is 2.93. The van der Waals surface area contributed by atoms with Crippen LogP contribution in [0, 0.1) is 0 Å². The Morgan fingerprint density at radius 3 is 2.21 bits per heavy atom. The fourth-order valence-electron chi connectivity index (χ4n) is 3.86. The van der Waals surface area contributed by atoms with Gasteiger partial charge in [-0.2, -0.15) is 38.4 Å². The lowest BCUT2D eigenvalue weighted by atomic mass is 10.0. The van der Waals surface area contributed by atoms with E-state index in [0.29, 0.717) is 54.6 Å². The van der Waals surface area contributed by atoms with Crippen LogP contribution in [0.25, 0.3) is 16.4 Å². The van der Waals surface area contributed by atoms with Crippen molar-refractivity contribution in [2.45, 2.75) is 18.9 Å². The van der Waals surface area contributed by atoms with Gasteiger partial charge in [-0.15, -0.1) is 6.54 Å². The second kappa shape index (κ2) is 14.6. The highest BCUT2D eigenvalue weighted by atomic mass is 35.5. The lowest BCUT2D eigenvalue weighted by molar-refractivity contribution is -0.143. The first-order valence-electron chi connectivity index (χ1n) is 12.4. The molecule has 1 fully saturated rings. The Morgan fingerprint density at radius 2 is 1.67 bits per heavy atom. The second-order valence-corrected chi connectivity index (χ2v) is 9.30. The van der Waals surface area contributed by atoms with Gasteiger partial charge in [0, 0.05) is 42.0 Å². The molecule has 8 nitrogen and oxygen atoms in total. The number of halogens is 7. The van der Waals surface area contributed by atoms with E-state index in [0.717, 1.165) is 13.1 Å². The number of carboxylic acid groups (broad SMARTS) is 1. The van der Waals surface area contributed by atoms with Gasteiger partial charge in [0.15, 0.2) is 5.69 Å². The molecule has 0 saturated carbocycles. The summed E-state index contributed by atoms with van der Waals surface area (Å²) in [6.07, 6.45) is -8.17. The highest BCUT2D eigenvalue weighted by Crippen LogP contribution is 2.36. The molecule has 1 aliphatic rings. The van der Waals surface area contributed by atoms with Gasteiger partial charge >= 0.3 is 24.3 Å². The Balaban J connectivity index is 0.000000250. The molecular weight excluding hydrogens is 594 g/mol. The molecule has 1 aromatic heterocycles. The van der Waals surface area contributed by atoms with Crippen molar-refractivity contribution in [2.75, 3.05) is 46.5 Å². The van der Waals surface area contributed by atoms with Crippen LogP contribution >= 0.6 is 11.6 Å². The third-order valence-electron chi connectivity index (χ3n) is 5.86. The lowest BCUT2D eigenvalue weighted by Gasteiger charge is -2.26. The number of benzene rings is 2. The molecule has 15 heteroatoms. The first kappa shape index (κ1) is 33.0. The van der Waals surface area contributed by atoms with Gasteiger partial charge in [-0.3, -0.25) is 4.90 Å². The first-order valence-corrected chi connectivity index (χ1v) is 12.8. The molecule has 0 atom stereocenters. The van der Waals surface area contributed by atoms with Gasteiger partial charge in [-0.05, 0) is 24.3 Å². The maximum absolute atomic E-state index is 12.4. The van der Waals surface area contributed by atoms with Gasteiger partial charge in [-0.1, -0.05) is 35.4 Å². The van der Waals surface area contributed by atoms with Crippen LogP contribution in [0.1, 0.15) is 27.2 Å². The van der Waals surface area contributed by atoms with Crippen LogP contribution in [0.15, 0.2) is 48.7 Å². The number of carbonyl (C=O) groups is 1. The molecule has 0 aliphatic carbocycles. The molecule has 1 N–H and O–H groups in total. The predicted octanol–water partition coefficient (Wildman–Crippen LogP) is 6.43. The molecule has 0 unspecified atom stereocenters. The van der Waals surface area contributed by atoms with Gasteiger partial charge in [0.1, 0.15) is 6.61 Å². The van der Waals surface area contributed by atoms with E-state index in [2.05, 4.69) is 20.2 Å². The van der Waals surface area contributed by atoms with Gasteiger partial charge in [0.2, 0.25) is 0 Å². The predicted molar refractivity (Wildman–Crippen MR) is 142 cm³/mol. The molecular formula is C27H26ClF6N4O4-. The number of nitrogens with zero attached hydrogens (tertiary/aromatic N) is 4. The zero-order valence-corrected chi connectivity index (χ0v) is 22.9. The molecule has 42 heavy (non-hydrogen) atoms. The van der Waals surface area contributed by atoms with Crippen LogP contribution in [-0.2, 0) is 23.6 Å². The third-order valence-corrected chi connectivity index (χ3v) is 6.19. The second-order valence-electron chi connectivity index (χ2n) is 8.89. The minimum absolute atomic E-state index is 0.0430. The molecule has 0 bridgehead atoms. The quantitative estimate of drug-likeness (QED) is 0.290. The number of aromatic carboxylic acids is 1. The molecule has 0 spiro atoms. The summed E-state index contributed by atoms with van der Waals surface area (Å²) < 4.78 is 85.1. The van der Waals surface area contributed by atoms with Crippen molar-refractivity contribution < 1.29 is 45.7 Å². The smallest absolute Gasteiger partial charge is 0.416 e. The van der Waals surface area contributed by atoms with Crippen LogP contribution < -0.4 is 4.74 Å². The highest BCUT2D eigenvalue weighted by molar-refractivity contribution is 6.33. The number of hydrogen-bond donors (Lipinski definition) is 1. The van der Waals surface area contributed by atoms with Crippen LogP contribution in [0.3, 0.4) is 0 Å².